The Morgan fingerprint density at radius 1 is 1.25 bits per heavy atom. The molecule has 1 aromatic rings. The minimum absolute atomic E-state index is 0.0578. The third-order valence-corrected chi connectivity index (χ3v) is 2.73. The fraction of sp³-hybridized carbons (Fsp3) is 0.500. The van der Waals surface area contributed by atoms with Crippen molar-refractivity contribution in [3.05, 3.63) is 35.4 Å². The molecule has 16 heavy (non-hydrogen) atoms. The highest BCUT2D eigenvalue weighted by Crippen LogP contribution is 2.11. The summed E-state index contributed by atoms with van der Waals surface area (Å²) in [5, 5.41) is 0. The number of rotatable bonds is 5. The molecule has 0 N–H and O–H groups in total. The number of carbonyl (C=O) groups is 1. The van der Waals surface area contributed by atoms with Gasteiger partial charge < -0.3 is 4.90 Å². The van der Waals surface area contributed by atoms with Crippen LogP contribution in [0.15, 0.2) is 24.3 Å². The summed E-state index contributed by atoms with van der Waals surface area (Å²) in [6.07, 6.45) is 1.02. The zero-order valence-electron chi connectivity index (χ0n) is 10.7. The van der Waals surface area contributed by atoms with E-state index in [9.17, 15) is 4.79 Å². The standard InChI is InChI=1S/C14H21NO/c1-5-12-6-8-13(9-7-12)14(16)11(2)10-15(3)4/h6-9,11H,5,10H2,1-4H3. The van der Waals surface area contributed by atoms with Crippen molar-refractivity contribution in [3.8, 4) is 0 Å². The first-order valence-corrected chi connectivity index (χ1v) is 5.82. The predicted molar refractivity (Wildman–Crippen MR) is 67.9 cm³/mol. The Bertz CT molecular complexity index is 340. The van der Waals surface area contributed by atoms with Gasteiger partial charge in [-0.3, -0.25) is 4.79 Å². The molecule has 1 unspecified atom stereocenters. The van der Waals surface area contributed by atoms with Crippen molar-refractivity contribution in [1.82, 2.24) is 4.90 Å². The number of carbonyl (C=O) groups excluding carboxylic acids is 1. The molecule has 0 bridgehead atoms. The highest BCUT2D eigenvalue weighted by Gasteiger charge is 2.15. The molecule has 1 atom stereocenters. The number of Topliss-reactive ketones (excluding diaryl/α,β-unsaturated/α-hetero) is 1. The van der Waals surface area contributed by atoms with Crippen molar-refractivity contribution in [1.29, 1.82) is 0 Å². The minimum atomic E-state index is 0.0578. The average molecular weight is 219 g/mol. The lowest BCUT2D eigenvalue weighted by molar-refractivity contribution is 0.0910. The summed E-state index contributed by atoms with van der Waals surface area (Å²) in [7, 11) is 3.98. The molecule has 0 aromatic heterocycles. The fourth-order valence-corrected chi connectivity index (χ4v) is 1.82. The van der Waals surface area contributed by atoms with Gasteiger partial charge in [-0.1, -0.05) is 38.1 Å². The van der Waals surface area contributed by atoms with Crippen LogP contribution in [0.4, 0.5) is 0 Å². The summed E-state index contributed by atoms with van der Waals surface area (Å²) in [4.78, 5) is 14.1. The topological polar surface area (TPSA) is 20.3 Å². The van der Waals surface area contributed by atoms with E-state index < -0.39 is 0 Å². The molecule has 0 spiro atoms. The highest BCUT2D eigenvalue weighted by molar-refractivity contribution is 5.97. The van der Waals surface area contributed by atoms with E-state index in [1.165, 1.54) is 5.56 Å². The van der Waals surface area contributed by atoms with Crippen molar-refractivity contribution in [2.24, 2.45) is 5.92 Å². The van der Waals surface area contributed by atoms with Crippen LogP contribution in [0.25, 0.3) is 0 Å². The van der Waals surface area contributed by atoms with E-state index in [4.69, 9.17) is 0 Å². The van der Waals surface area contributed by atoms with Gasteiger partial charge in [-0.2, -0.15) is 0 Å². The first-order chi connectivity index (χ1) is 7.54. The van der Waals surface area contributed by atoms with Gasteiger partial charge in [-0.25, -0.2) is 0 Å². The van der Waals surface area contributed by atoms with Gasteiger partial charge >= 0.3 is 0 Å². The molecule has 0 heterocycles. The van der Waals surface area contributed by atoms with Crippen LogP contribution in [0.3, 0.4) is 0 Å². The van der Waals surface area contributed by atoms with Gasteiger partial charge in [0.1, 0.15) is 0 Å². The summed E-state index contributed by atoms with van der Waals surface area (Å²) in [5.41, 5.74) is 2.10. The first kappa shape index (κ1) is 12.9. The quantitative estimate of drug-likeness (QED) is 0.710. The molecule has 2 nitrogen and oxygen atoms in total. The molecule has 0 saturated carbocycles. The zero-order chi connectivity index (χ0) is 12.1. The van der Waals surface area contributed by atoms with E-state index in [2.05, 4.69) is 6.92 Å². The van der Waals surface area contributed by atoms with Crippen LogP contribution in [0.2, 0.25) is 0 Å². The third-order valence-electron chi connectivity index (χ3n) is 2.73. The maximum Gasteiger partial charge on any atom is 0.166 e. The molecule has 0 aliphatic heterocycles. The van der Waals surface area contributed by atoms with Crippen LogP contribution in [-0.2, 0) is 6.42 Å². The number of aryl methyl sites for hydroxylation is 1. The summed E-state index contributed by atoms with van der Waals surface area (Å²) in [5.74, 6) is 0.291. The van der Waals surface area contributed by atoms with E-state index in [1.807, 2.05) is 50.2 Å². The molecule has 0 aliphatic carbocycles. The van der Waals surface area contributed by atoms with E-state index in [-0.39, 0.29) is 11.7 Å². The van der Waals surface area contributed by atoms with Crippen LogP contribution in [0, 0.1) is 5.92 Å². The number of nitrogens with zero attached hydrogens (tertiary/aromatic N) is 1. The smallest absolute Gasteiger partial charge is 0.166 e. The van der Waals surface area contributed by atoms with Crippen molar-refractivity contribution >= 4 is 5.78 Å². The largest absolute Gasteiger partial charge is 0.309 e. The summed E-state index contributed by atoms with van der Waals surface area (Å²) in [6, 6.07) is 7.95. The van der Waals surface area contributed by atoms with E-state index in [1.54, 1.807) is 0 Å². The molecular weight excluding hydrogens is 198 g/mol. The van der Waals surface area contributed by atoms with Crippen molar-refractivity contribution in [2.45, 2.75) is 20.3 Å². The second kappa shape index (κ2) is 5.80. The lowest BCUT2D eigenvalue weighted by Crippen LogP contribution is -2.25. The Hall–Kier alpha value is -1.15. The molecule has 1 aromatic carbocycles. The van der Waals surface area contributed by atoms with Crippen LogP contribution in [-0.4, -0.2) is 31.3 Å². The second-order valence-electron chi connectivity index (χ2n) is 4.58. The monoisotopic (exact) mass is 219 g/mol. The normalized spacial score (nSPS) is 12.8. The summed E-state index contributed by atoms with van der Waals surface area (Å²) >= 11 is 0. The molecule has 0 aliphatic rings. The van der Waals surface area contributed by atoms with Crippen LogP contribution < -0.4 is 0 Å². The lowest BCUT2D eigenvalue weighted by atomic mass is 9.98. The maximum atomic E-state index is 12.1. The molecule has 0 fully saturated rings. The van der Waals surface area contributed by atoms with Crippen LogP contribution in [0.1, 0.15) is 29.8 Å². The summed E-state index contributed by atoms with van der Waals surface area (Å²) < 4.78 is 0. The van der Waals surface area contributed by atoms with Gasteiger partial charge in [0.05, 0.1) is 0 Å². The van der Waals surface area contributed by atoms with Crippen molar-refractivity contribution in [2.75, 3.05) is 20.6 Å². The Balaban J connectivity index is 2.72. The van der Waals surface area contributed by atoms with Crippen molar-refractivity contribution in [3.63, 3.8) is 0 Å². The molecule has 0 saturated heterocycles. The van der Waals surface area contributed by atoms with Gasteiger partial charge in [-0.15, -0.1) is 0 Å². The Labute approximate surface area is 98.3 Å². The Morgan fingerprint density at radius 3 is 2.25 bits per heavy atom. The molecular formula is C14H21NO. The van der Waals surface area contributed by atoms with Crippen LogP contribution >= 0.6 is 0 Å². The van der Waals surface area contributed by atoms with Gasteiger partial charge in [0.2, 0.25) is 0 Å². The average Bonchev–Trinajstić information content (AvgIpc) is 2.27. The first-order valence-electron chi connectivity index (χ1n) is 5.82. The second-order valence-corrected chi connectivity index (χ2v) is 4.58. The number of ketones is 1. The lowest BCUT2D eigenvalue weighted by Gasteiger charge is -2.15. The van der Waals surface area contributed by atoms with Crippen molar-refractivity contribution < 1.29 is 4.79 Å². The molecule has 1 rings (SSSR count). The number of benzene rings is 1. The molecule has 88 valence electrons. The number of hydrogen-bond acceptors (Lipinski definition) is 2. The molecule has 2 heteroatoms. The predicted octanol–water partition coefficient (Wildman–Crippen LogP) is 2.63. The zero-order valence-corrected chi connectivity index (χ0v) is 10.7. The SMILES string of the molecule is CCc1ccc(C(=O)C(C)CN(C)C)cc1. The molecule has 0 radical (unpaired) electrons. The highest BCUT2D eigenvalue weighted by atomic mass is 16.1. The summed E-state index contributed by atoms with van der Waals surface area (Å²) in [6.45, 7) is 4.90. The van der Waals surface area contributed by atoms with E-state index in [0.717, 1.165) is 18.5 Å². The van der Waals surface area contributed by atoms with Gasteiger partial charge in [0.15, 0.2) is 5.78 Å². The van der Waals surface area contributed by atoms with Gasteiger partial charge in [-0.05, 0) is 26.1 Å². The number of hydrogen-bond donors (Lipinski definition) is 0. The third kappa shape index (κ3) is 3.46. The maximum absolute atomic E-state index is 12.1. The minimum Gasteiger partial charge on any atom is -0.309 e. The van der Waals surface area contributed by atoms with Gasteiger partial charge in [0.25, 0.3) is 0 Å². The Morgan fingerprint density at radius 2 is 1.81 bits per heavy atom. The fourth-order valence-electron chi connectivity index (χ4n) is 1.82. The Kier molecular flexibility index (Phi) is 4.69. The van der Waals surface area contributed by atoms with Crippen LogP contribution in [0.5, 0.6) is 0 Å². The van der Waals surface area contributed by atoms with E-state index >= 15 is 0 Å². The molecule has 0 amide bonds. The van der Waals surface area contributed by atoms with Gasteiger partial charge in [0, 0.05) is 18.0 Å². The van der Waals surface area contributed by atoms with E-state index in [0.29, 0.717) is 0 Å².